The van der Waals surface area contributed by atoms with Crippen molar-refractivity contribution in [3.05, 3.63) is 34.9 Å². The van der Waals surface area contributed by atoms with Crippen LogP contribution < -0.4 is 4.74 Å². The van der Waals surface area contributed by atoms with Gasteiger partial charge in [0, 0.05) is 5.56 Å². The summed E-state index contributed by atoms with van der Waals surface area (Å²) in [5.41, 5.74) is 4.07. The first kappa shape index (κ1) is 8.36. The monoisotopic (exact) mass is 174 g/mol. The number of benzene rings is 1. The summed E-state index contributed by atoms with van der Waals surface area (Å²) in [6, 6.07) is 4.20. The third-order valence-electron chi connectivity index (χ3n) is 2.46. The highest BCUT2D eigenvalue weighted by molar-refractivity contribution is 5.67. The molecular formula is C12H14O. The zero-order valence-electron chi connectivity index (χ0n) is 8.13. The topological polar surface area (TPSA) is 9.23 Å². The molecule has 0 aliphatic heterocycles. The Bertz CT molecular complexity index is 350. The number of hydrogen-bond donors (Lipinski definition) is 0. The Hall–Kier alpha value is -1.24. The van der Waals surface area contributed by atoms with Gasteiger partial charge < -0.3 is 4.74 Å². The summed E-state index contributed by atoms with van der Waals surface area (Å²) in [5, 5.41) is 0. The van der Waals surface area contributed by atoms with E-state index in [0.29, 0.717) is 0 Å². The van der Waals surface area contributed by atoms with E-state index in [4.69, 9.17) is 4.74 Å². The molecule has 2 rings (SSSR count). The van der Waals surface area contributed by atoms with Crippen LogP contribution in [0.5, 0.6) is 5.75 Å². The van der Waals surface area contributed by atoms with Crippen LogP contribution in [0.3, 0.4) is 0 Å². The van der Waals surface area contributed by atoms with Crippen LogP contribution in [0.2, 0.25) is 0 Å². The zero-order chi connectivity index (χ0) is 9.26. The van der Waals surface area contributed by atoms with Crippen molar-refractivity contribution in [1.82, 2.24) is 0 Å². The van der Waals surface area contributed by atoms with Gasteiger partial charge in [0.05, 0.1) is 6.61 Å². The number of aryl methyl sites for hydroxylation is 1. The average molecular weight is 174 g/mol. The molecule has 1 aromatic rings. The van der Waals surface area contributed by atoms with E-state index in [1.807, 2.05) is 6.92 Å². The molecule has 1 aliphatic rings. The Balaban J connectivity index is 2.48. The molecular weight excluding hydrogens is 160 g/mol. The maximum atomic E-state index is 5.55. The molecule has 1 nitrogen and oxygen atoms in total. The van der Waals surface area contributed by atoms with Gasteiger partial charge in [-0.25, -0.2) is 0 Å². The third kappa shape index (κ3) is 1.35. The molecule has 0 saturated heterocycles. The molecule has 68 valence electrons. The zero-order valence-corrected chi connectivity index (χ0v) is 8.13. The van der Waals surface area contributed by atoms with Gasteiger partial charge in [-0.3, -0.25) is 0 Å². The largest absolute Gasteiger partial charge is 0.493 e. The molecule has 1 aliphatic carbocycles. The maximum Gasteiger partial charge on any atom is 0.126 e. The molecule has 0 N–H and O–H groups in total. The number of hydrogen-bond acceptors (Lipinski definition) is 1. The molecule has 0 fully saturated rings. The van der Waals surface area contributed by atoms with Crippen LogP contribution in [-0.4, -0.2) is 6.61 Å². The molecule has 0 amide bonds. The molecule has 0 aromatic heterocycles. The number of fused-ring (bicyclic) bond motifs is 1. The minimum absolute atomic E-state index is 0.739. The van der Waals surface area contributed by atoms with E-state index in [9.17, 15) is 0 Å². The second-order valence-corrected chi connectivity index (χ2v) is 3.31. The lowest BCUT2D eigenvalue weighted by atomic mass is 10.0. The van der Waals surface area contributed by atoms with Crippen molar-refractivity contribution in [2.75, 3.05) is 6.61 Å². The quantitative estimate of drug-likeness (QED) is 0.669. The van der Waals surface area contributed by atoms with E-state index >= 15 is 0 Å². The highest BCUT2D eigenvalue weighted by Crippen LogP contribution is 2.31. The first-order valence-corrected chi connectivity index (χ1v) is 4.74. The molecule has 0 atom stereocenters. The number of ether oxygens (including phenoxy) is 1. The normalized spacial score (nSPS) is 13.1. The summed E-state index contributed by atoms with van der Waals surface area (Å²) in [6.45, 7) is 4.91. The van der Waals surface area contributed by atoms with Crippen molar-refractivity contribution in [2.45, 2.75) is 20.3 Å². The SMILES string of the molecule is CCOc1ccc(C)c2c1C=CC2. The van der Waals surface area contributed by atoms with Crippen molar-refractivity contribution in [3.63, 3.8) is 0 Å². The van der Waals surface area contributed by atoms with Gasteiger partial charge in [0.1, 0.15) is 5.75 Å². The van der Waals surface area contributed by atoms with Gasteiger partial charge in [-0.1, -0.05) is 18.2 Å². The van der Waals surface area contributed by atoms with Crippen LogP contribution in [0.4, 0.5) is 0 Å². The highest BCUT2D eigenvalue weighted by Gasteiger charge is 2.12. The fraction of sp³-hybridized carbons (Fsp3) is 0.333. The van der Waals surface area contributed by atoms with Gasteiger partial charge in [0.15, 0.2) is 0 Å². The third-order valence-corrected chi connectivity index (χ3v) is 2.46. The Morgan fingerprint density at radius 3 is 3.00 bits per heavy atom. The average Bonchev–Trinajstić information content (AvgIpc) is 2.59. The Kier molecular flexibility index (Phi) is 2.09. The van der Waals surface area contributed by atoms with E-state index < -0.39 is 0 Å². The number of rotatable bonds is 2. The molecule has 13 heavy (non-hydrogen) atoms. The van der Waals surface area contributed by atoms with Gasteiger partial charge in [-0.05, 0) is 37.5 Å². The summed E-state index contributed by atoms with van der Waals surface area (Å²) in [5.74, 6) is 1.02. The smallest absolute Gasteiger partial charge is 0.126 e. The molecule has 1 heteroatoms. The highest BCUT2D eigenvalue weighted by atomic mass is 16.5. The van der Waals surface area contributed by atoms with E-state index in [0.717, 1.165) is 18.8 Å². The first-order valence-electron chi connectivity index (χ1n) is 4.74. The molecule has 0 heterocycles. The van der Waals surface area contributed by atoms with Crippen molar-refractivity contribution in [1.29, 1.82) is 0 Å². The lowest BCUT2D eigenvalue weighted by molar-refractivity contribution is 0.339. The van der Waals surface area contributed by atoms with Crippen LogP contribution in [0, 0.1) is 6.92 Å². The van der Waals surface area contributed by atoms with Crippen molar-refractivity contribution in [3.8, 4) is 5.75 Å². The lowest BCUT2D eigenvalue weighted by Crippen LogP contribution is -1.96. The van der Waals surface area contributed by atoms with Gasteiger partial charge >= 0.3 is 0 Å². The molecule has 0 spiro atoms. The van der Waals surface area contributed by atoms with Crippen LogP contribution >= 0.6 is 0 Å². The van der Waals surface area contributed by atoms with Crippen molar-refractivity contribution < 1.29 is 4.74 Å². The summed E-state index contributed by atoms with van der Waals surface area (Å²) in [6.07, 6.45) is 5.41. The number of allylic oxidation sites excluding steroid dienone is 1. The Morgan fingerprint density at radius 1 is 1.38 bits per heavy atom. The van der Waals surface area contributed by atoms with E-state index in [2.05, 4.69) is 31.2 Å². The summed E-state index contributed by atoms with van der Waals surface area (Å²) in [7, 11) is 0. The first-order chi connectivity index (χ1) is 6.33. The molecule has 1 aromatic carbocycles. The second-order valence-electron chi connectivity index (χ2n) is 3.31. The Morgan fingerprint density at radius 2 is 2.23 bits per heavy atom. The Labute approximate surface area is 79.0 Å². The van der Waals surface area contributed by atoms with E-state index in [1.165, 1.54) is 16.7 Å². The standard InChI is InChI=1S/C12H14O/c1-3-13-12-8-7-9(2)10-5-4-6-11(10)12/h4,6-8H,3,5H2,1-2H3. The summed E-state index contributed by atoms with van der Waals surface area (Å²) >= 11 is 0. The van der Waals surface area contributed by atoms with Crippen molar-refractivity contribution in [2.24, 2.45) is 0 Å². The maximum absolute atomic E-state index is 5.55. The van der Waals surface area contributed by atoms with E-state index in [1.54, 1.807) is 0 Å². The minimum Gasteiger partial charge on any atom is -0.493 e. The molecule has 0 saturated carbocycles. The van der Waals surface area contributed by atoms with Gasteiger partial charge in [0.25, 0.3) is 0 Å². The summed E-state index contributed by atoms with van der Waals surface area (Å²) < 4.78 is 5.55. The van der Waals surface area contributed by atoms with Crippen LogP contribution in [-0.2, 0) is 6.42 Å². The van der Waals surface area contributed by atoms with Crippen LogP contribution in [0.25, 0.3) is 6.08 Å². The predicted octanol–water partition coefficient (Wildman–Crippen LogP) is 2.96. The predicted molar refractivity (Wildman–Crippen MR) is 55.1 cm³/mol. The van der Waals surface area contributed by atoms with Gasteiger partial charge in [-0.15, -0.1) is 0 Å². The van der Waals surface area contributed by atoms with Crippen molar-refractivity contribution >= 4 is 6.08 Å². The van der Waals surface area contributed by atoms with E-state index in [-0.39, 0.29) is 0 Å². The minimum atomic E-state index is 0.739. The lowest BCUT2D eigenvalue weighted by Gasteiger charge is -2.10. The van der Waals surface area contributed by atoms with Crippen LogP contribution in [0.1, 0.15) is 23.6 Å². The molecule has 0 radical (unpaired) electrons. The van der Waals surface area contributed by atoms with Gasteiger partial charge in [-0.2, -0.15) is 0 Å². The second kappa shape index (κ2) is 3.25. The summed E-state index contributed by atoms with van der Waals surface area (Å²) in [4.78, 5) is 0. The van der Waals surface area contributed by atoms with Crippen LogP contribution in [0.15, 0.2) is 18.2 Å². The fourth-order valence-electron chi connectivity index (χ4n) is 1.78. The molecule has 0 unspecified atom stereocenters. The molecule has 0 bridgehead atoms. The fourth-order valence-corrected chi connectivity index (χ4v) is 1.78. The van der Waals surface area contributed by atoms with Gasteiger partial charge in [0.2, 0.25) is 0 Å².